The number of carbonyl (C=O) groups is 2. The lowest BCUT2D eigenvalue weighted by Crippen LogP contribution is -2.34. The number of hydrogen-bond donors (Lipinski definition) is 3. The molecule has 0 aliphatic rings. The Labute approximate surface area is 325 Å². The van der Waals surface area contributed by atoms with E-state index in [1.54, 1.807) is 75.4 Å². The molecule has 2 amide bonds. The van der Waals surface area contributed by atoms with Crippen LogP contribution in [0.2, 0.25) is 5.02 Å². The maximum atomic E-state index is 12.9. The minimum atomic E-state index is -4.43. The van der Waals surface area contributed by atoms with Crippen molar-refractivity contribution in [2.24, 2.45) is 5.41 Å². The first-order chi connectivity index (χ1) is 26.7. The third-order valence-corrected chi connectivity index (χ3v) is 8.71. The molecule has 0 unspecified atom stereocenters. The summed E-state index contributed by atoms with van der Waals surface area (Å²) in [4.78, 5) is 33.6. The van der Waals surface area contributed by atoms with Crippen LogP contribution >= 0.6 is 11.6 Å². The van der Waals surface area contributed by atoms with Gasteiger partial charge in [-0.1, -0.05) is 38.4 Å². The molecule has 0 saturated heterocycles. The SMILES string of the molecule is CC(C)(C)C(=O)NCc1ccc(Cl)c(C(=O)Nc2ccc3oc(-c4ccc(C(F)(F)F)cc4)nc3c2)c1.Nc1ccc2oc(-c3ccc(C(F)(F)F)cc3)nc2c1. The number of benzene rings is 5. The normalized spacial score (nSPS) is 12.0. The van der Waals surface area contributed by atoms with Gasteiger partial charge in [0.2, 0.25) is 17.7 Å². The van der Waals surface area contributed by atoms with Crippen LogP contribution in [0.4, 0.5) is 37.7 Å². The summed E-state index contributed by atoms with van der Waals surface area (Å²) in [6, 6.07) is 23.9. The quantitative estimate of drug-likeness (QED) is 0.112. The van der Waals surface area contributed by atoms with E-state index in [-0.39, 0.29) is 34.8 Å². The number of anilines is 2. The number of fused-ring (bicyclic) bond motifs is 2. The summed E-state index contributed by atoms with van der Waals surface area (Å²) < 4.78 is 87.1. The molecule has 0 radical (unpaired) electrons. The standard InChI is InChI=1S/C27H23ClF3N3O3.C14H9F3N2O/c1-26(2,3)25(36)32-14-15-4-10-20(28)19(12-15)23(35)33-18-9-11-22-21(13-18)34-24(37-22)16-5-7-17(8-6-16)27(29,30)31;15-14(16,17)9-3-1-8(2-4-9)13-19-11-7-10(18)5-6-12(11)20-13/h4-13H,14H2,1-3H3,(H,32,36)(H,33,35);1-7H,18H2. The van der Waals surface area contributed by atoms with E-state index in [4.69, 9.17) is 26.2 Å². The number of nitrogens with zero attached hydrogens (tertiary/aromatic N) is 2. The Morgan fingerprint density at radius 1 is 0.684 bits per heavy atom. The summed E-state index contributed by atoms with van der Waals surface area (Å²) in [7, 11) is 0. The molecule has 16 heteroatoms. The van der Waals surface area contributed by atoms with Crippen LogP contribution in [0.15, 0.2) is 112 Å². The van der Waals surface area contributed by atoms with Gasteiger partial charge in [-0.15, -0.1) is 0 Å². The zero-order valence-electron chi connectivity index (χ0n) is 30.3. The van der Waals surface area contributed by atoms with Crippen LogP contribution in [0.5, 0.6) is 0 Å². The Hall–Kier alpha value is -6.35. The first-order valence-corrected chi connectivity index (χ1v) is 17.4. The second kappa shape index (κ2) is 15.7. The third-order valence-electron chi connectivity index (χ3n) is 8.39. The molecule has 4 N–H and O–H groups in total. The summed E-state index contributed by atoms with van der Waals surface area (Å²) in [5.41, 5.74) is 8.32. The number of nitrogens with two attached hydrogens (primary N) is 1. The Balaban J connectivity index is 0.000000230. The highest BCUT2D eigenvalue weighted by atomic mass is 35.5. The number of hydrogen-bond acceptors (Lipinski definition) is 7. The Bertz CT molecular complexity index is 2580. The van der Waals surface area contributed by atoms with Crippen molar-refractivity contribution in [1.82, 2.24) is 15.3 Å². The van der Waals surface area contributed by atoms with Gasteiger partial charge in [0.15, 0.2) is 11.2 Å². The van der Waals surface area contributed by atoms with E-state index >= 15 is 0 Å². The zero-order valence-corrected chi connectivity index (χ0v) is 31.0. The van der Waals surface area contributed by atoms with Gasteiger partial charge in [-0.3, -0.25) is 9.59 Å². The molecule has 7 rings (SSSR count). The summed E-state index contributed by atoms with van der Waals surface area (Å²) >= 11 is 6.25. The van der Waals surface area contributed by atoms with Crippen molar-refractivity contribution in [2.45, 2.75) is 39.7 Å². The monoisotopic (exact) mass is 807 g/mol. The van der Waals surface area contributed by atoms with Crippen LogP contribution < -0.4 is 16.4 Å². The summed E-state index contributed by atoms with van der Waals surface area (Å²) in [5, 5.41) is 5.84. The maximum Gasteiger partial charge on any atom is 0.416 e. The van der Waals surface area contributed by atoms with Gasteiger partial charge in [-0.2, -0.15) is 26.3 Å². The Kier molecular flexibility index (Phi) is 11.1. The number of alkyl halides is 6. The van der Waals surface area contributed by atoms with Crippen molar-refractivity contribution >= 4 is 57.0 Å². The van der Waals surface area contributed by atoms with Crippen molar-refractivity contribution in [3.05, 3.63) is 130 Å². The highest BCUT2D eigenvalue weighted by Crippen LogP contribution is 2.34. The molecule has 0 fully saturated rings. The van der Waals surface area contributed by atoms with Crippen molar-refractivity contribution in [3.8, 4) is 22.9 Å². The average Bonchev–Trinajstić information content (AvgIpc) is 3.78. The van der Waals surface area contributed by atoms with Crippen molar-refractivity contribution < 1.29 is 44.8 Å². The maximum absolute atomic E-state index is 12.9. The Morgan fingerprint density at radius 2 is 1.19 bits per heavy atom. The number of aromatic nitrogens is 2. The van der Waals surface area contributed by atoms with E-state index in [9.17, 15) is 35.9 Å². The van der Waals surface area contributed by atoms with Gasteiger partial charge in [0.05, 0.1) is 21.7 Å². The van der Waals surface area contributed by atoms with E-state index in [0.717, 1.165) is 24.3 Å². The molecule has 0 saturated carbocycles. The van der Waals surface area contributed by atoms with Gasteiger partial charge in [-0.25, -0.2) is 9.97 Å². The summed E-state index contributed by atoms with van der Waals surface area (Å²) in [6.07, 6.45) is -8.79. The van der Waals surface area contributed by atoms with Gasteiger partial charge in [0.25, 0.3) is 5.91 Å². The van der Waals surface area contributed by atoms with Crippen LogP contribution in [-0.4, -0.2) is 21.8 Å². The number of halogens is 7. The molecule has 2 aromatic heterocycles. The molecule has 0 aliphatic heterocycles. The fourth-order valence-corrected chi connectivity index (χ4v) is 5.51. The van der Waals surface area contributed by atoms with Crippen LogP contribution in [0.25, 0.3) is 45.1 Å². The summed E-state index contributed by atoms with van der Waals surface area (Å²) in [5.74, 6) is -0.163. The van der Waals surface area contributed by atoms with Gasteiger partial charge >= 0.3 is 12.4 Å². The number of nitrogens with one attached hydrogen (secondary N) is 2. The number of amides is 2. The molecule has 294 valence electrons. The highest BCUT2D eigenvalue weighted by molar-refractivity contribution is 6.34. The van der Waals surface area contributed by atoms with Crippen molar-refractivity contribution in [2.75, 3.05) is 11.1 Å². The molecule has 0 atom stereocenters. The van der Waals surface area contributed by atoms with Gasteiger partial charge in [0.1, 0.15) is 11.0 Å². The lowest BCUT2D eigenvalue weighted by Gasteiger charge is -2.18. The molecule has 0 bridgehead atoms. The Morgan fingerprint density at radius 3 is 1.70 bits per heavy atom. The minimum Gasteiger partial charge on any atom is -0.436 e. The molecule has 9 nitrogen and oxygen atoms in total. The zero-order chi connectivity index (χ0) is 41.3. The number of nitrogen functional groups attached to an aromatic ring is 1. The van der Waals surface area contributed by atoms with E-state index in [2.05, 4.69) is 20.6 Å². The smallest absolute Gasteiger partial charge is 0.416 e. The molecule has 0 aliphatic carbocycles. The fraction of sp³-hybridized carbons (Fsp3) is 0.171. The minimum absolute atomic E-state index is 0.120. The molecule has 5 aromatic carbocycles. The largest absolute Gasteiger partial charge is 0.436 e. The van der Waals surface area contributed by atoms with Crippen molar-refractivity contribution in [3.63, 3.8) is 0 Å². The van der Waals surface area contributed by atoms with E-state index in [1.807, 2.05) is 0 Å². The second-order valence-electron chi connectivity index (χ2n) is 13.8. The molecule has 0 spiro atoms. The number of oxazole rings is 2. The first-order valence-electron chi connectivity index (χ1n) is 17.0. The average molecular weight is 808 g/mol. The highest BCUT2D eigenvalue weighted by Gasteiger charge is 2.31. The molecule has 7 aromatic rings. The molecule has 2 heterocycles. The topological polar surface area (TPSA) is 136 Å². The van der Waals surface area contributed by atoms with Crippen LogP contribution in [0.1, 0.15) is 47.8 Å². The van der Waals surface area contributed by atoms with Crippen molar-refractivity contribution in [1.29, 1.82) is 0 Å². The lowest BCUT2D eigenvalue weighted by molar-refractivity contribution is -0.138. The second-order valence-corrected chi connectivity index (χ2v) is 14.2. The van der Waals surface area contributed by atoms with Crippen LogP contribution in [0.3, 0.4) is 0 Å². The van der Waals surface area contributed by atoms with E-state index in [1.165, 1.54) is 24.3 Å². The van der Waals surface area contributed by atoms with E-state index in [0.29, 0.717) is 50.3 Å². The molecular formula is C41H32ClF6N5O4. The number of rotatable bonds is 6. The van der Waals surface area contributed by atoms with Gasteiger partial charge < -0.3 is 25.2 Å². The third kappa shape index (κ3) is 9.73. The summed E-state index contributed by atoms with van der Waals surface area (Å²) in [6.45, 7) is 5.66. The predicted molar refractivity (Wildman–Crippen MR) is 204 cm³/mol. The fourth-order valence-electron chi connectivity index (χ4n) is 5.30. The van der Waals surface area contributed by atoms with E-state index < -0.39 is 34.8 Å². The van der Waals surface area contributed by atoms with Crippen LogP contribution in [-0.2, 0) is 23.7 Å². The molecular weight excluding hydrogens is 776 g/mol. The molecule has 57 heavy (non-hydrogen) atoms. The lowest BCUT2D eigenvalue weighted by atomic mass is 9.95. The predicted octanol–water partition coefficient (Wildman–Crippen LogP) is 11.2. The van der Waals surface area contributed by atoms with Crippen LogP contribution in [0, 0.1) is 5.41 Å². The number of carbonyl (C=O) groups excluding carboxylic acids is 2. The first kappa shape index (κ1) is 40.3. The van der Waals surface area contributed by atoms with Gasteiger partial charge in [0, 0.05) is 34.5 Å². The van der Waals surface area contributed by atoms with Gasteiger partial charge in [-0.05, 0) is 103 Å².